The van der Waals surface area contributed by atoms with E-state index in [9.17, 15) is 0 Å². The minimum Gasteiger partial charge on any atom is -0.356 e. The molecule has 18 heavy (non-hydrogen) atoms. The van der Waals surface area contributed by atoms with Crippen LogP contribution in [0.1, 0.15) is 31.0 Å². The second kappa shape index (κ2) is 6.19. The first-order valence-electron chi connectivity index (χ1n) is 6.46. The lowest BCUT2D eigenvalue weighted by Gasteiger charge is -2.09. The lowest BCUT2D eigenvalue weighted by atomic mass is 10.3. The van der Waals surface area contributed by atoms with Gasteiger partial charge in [0, 0.05) is 25.1 Å². The Morgan fingerprint density at radius 2 is 2.28 bits per heavy atom. The zero-order valence-corrected chi connectivity index (χ0v) is 11.1. The summed E-state index contributed by atoms with van der Waals surface area (Å²) in [5.41, 5.74) is 2.23. The van der Waals surface area contributed by atoms with E-state index in [0.717, 1.165) is 24.7 Å². The van der Waals surface area contributed by atoms with Crippen LogP contribution in [0.2, 0.25) is 0 Å². The van der Waals surface area contributed by atoms with Crippen LogP contribution in [0.3, 0.4) is 0 Å². The van der Waals surface area contributed by atoms with Crippen molar-refractivity contribution in [1.29, 1.82) is 0 Å². The van der Waals surface area contributed by atoms with Gasteiger partial charge in [-0.1, -0.05) is 19.4 Å². The Kier molecular flexibility index (Phi) is 4.34. The van der Waals surface area contributed by atoms with E-state index in [4.69, 9.17) is 0 Å². The predicted octanol–water partition coefficient (Wildman–Crippen LogP) is 2.85. The number of hydrogen-bond acceptors (Lipinski definition) is 3. The van der Waals surface area contributed by atoms with Crippen molar-refractivity contribution in [2.24, 2.45) is 0 Å². The molecule has 0 amide bonds. The van der Waals surface area contributed by atoms with Gasteiger partial charge < -0.3 is 9.88 Å². The molecule has 2 aromatic rings. The molecule has 0 aliphatic heterocycles. The first kappa shape index (κ1) is 12.6. The Labute approximate surface area is 108 Å². The van der Waals surface area contributed by atoms with Crippen LogP contribution in [0.4, 0.5) is 5.95 Å². The zero-order chi connectivity index (χ0) is 12.8. The van der Waals surface area contributed by atoms with Gasteiger partial charge in [0.15, 0.2) is 0 Å². The summed E-state index contributed by atoms with van der Waals surface area (Å²) in [6.45, 7) is 5.99. The summed E-state index contributed by atoms with van der Waals surface area (Å²) in [4.78, 5) is 8.65. The fourth-order valence-electron chi connectivity index (χ4n) is 1.87. The Morgan fingerprint density at radius 1 is 1.39 bits per heavy atom. The van der Waals surface area contributed by atoms with Gasteiger partial charge in [-0.25, -0.2) is 4.98 Å². The van der Waals surface area contributed by atoms with E-state index in [1.807, 2.05) is 19.2 Å². The topological polar surface area (TPSA) is 42.7 Å². The fraction of sp³-hybridized carbons (Fsp3) is 0.429. The summed E-state index contributed by atoms with van der Waals surface area (Å²) >= 11 is 0. The molecular formula is C14H20N4. The number of pyridine rings is 1. The Morgan fingerprint density at radius 3 is 3.00 bits per heavy atom. The number of anilines is 1. The summed E-state index contributed by atoms with van der Waals surface area (Å²) in [6.07, 6.45) is 8.11. The van der Waals surface area contributed by atoms with E-state index >= 15 is 0 Å². The second-order valence-electron chi connectivity index (χ2n) is 4.48. The number of aromatic nitrogens is 3. The first-order chi connectivity index (χ1) is 8.79. The third kappa shape index (κ3) is 3.32. The molecule has 2 heterocycles. The van der Waals surface area contributed by atoms with E-state index in [0.29, 0.717) is 0 Å². The summed E-state index contributed by atoms with van der Waals surface area (Å²) in [6, 6.07) is 4.04. The monoisotopic (exact) mass is 244 g/mol. The lowest BCUT2D eigenvalue weighted by Crippen LogP contribution is -2.09. The van der Waals surface area contributed by atoms with Crippen LogP contribution in [-0.4, -0.2) is 21.1 Å². The molecule has 0 saturated heterocycles. The molecule has 0 unspecified atom stereocenters. The standard InChI is InChI=1S/C14H20N4/c1-3-4-8-16-14-17-12(2)10-18(14)11-13-6-5-7-15-9-13/h5-7,9-10H,3-4,8,11H2,1-2H3,(H,16,17). The van der Waals surface area contributed by atoms with E-state index in [1.165, 1.54) is 18.4 Å². The third-order valence-corrected chi connectivity index (χ3v) is 2.79. The average Bonchev–Trinajstić information content (AvgIpc) is 2.71. The molecule has 0 aliphatic carbocycles. The molecular weight excluding hydrogens is 224 g/mol. The number of rotatable bonds is 6. The van der Waals surface area contributed by atoms with Crippen molar-refractivity contribution in [2.45, 2.75) is 33.2 Å². The van der Waals surface area contributed by atoms with Crippen molar-refractivity contribution in [3.05, 3.63) is 42.0 Å². The molecule has 0 atom stereocenters. The van der Waals surface area contributed by atoms with Crippen molar-refractivity contribution < 1.29 is 0 Å². The van der Waals surface area contributed by atoms with Crippen molar-refractivity contribution >= 4 is 5.95 Å². The van der Waals surface area contributed by atoms with E-state index in [1.54, 1.807) is 6.20 Å². The summed E-state index contributed by atoms with van der Waals surface area (Å²) in [5, 5.41) is 3.39. The Balaban J connectivity index is 2.07. The van der Waals surface area contributed by atoms with Crippen LogP contribution in [0.5, 0.6) is 0 Å². The molecule has 0 bridgehead atoms. The molecule has 1 N–H and O–H groups in total. The molecule has 0 aromatic carbocycles. The van der Waals surface area contributed by atoms with E-state index in [2.05, 4.69) is 39.0 Å². The highest BCUT2D eigenvalue weighted by molar-refractivity contribution is 5.30. The maximum atomic E-state index is 4.51. The lowest BCUT2D eigenvalue weighted by molar-refractivity contribution is 0.773. The van der Waals surface area contributed by atoms with Gasteiger partial charge in [0.25, 0.3) is 0 Å². The van der Waals surface area contributed by atoms with Crippen LogP contribution in [0.15, 0.2) is 30.7 Å². The zero-order valence-electron chi connectivity index (χ0n) is 11.1. The summed E-state index contributed by atoms with van der Waals surface area (Å²) < 4.78 is 2.14. The number of unbranched alkanes of at least 4 members (excludes halogenated alkanes) is 1. The van der Waals surface area contributed by atoms with Crippen molar-refractivity contribution in [2.75, 3.05) is 11.9 Å². The fourth-order valence-corrected chi connectivity index (χ4v) is 1.87. The number of nitrogens with zero attached hydrogens (tertiary/aromatic N) is 3. The highest BCUT2D eigenvalue weighted by Gasteiger charge is 2.05. The van der Waals surface area contributed by atoms with Gasteiger partial charge in [-0.15, -0.1) is 0 Å². The number of hydrogen-bond donors (Lipinski definition) is 1. The summed E-state index contributed by atoms with van der Waals surface area (Å²) in [5.74, 6) is 0.949. The number of aryl methyl sites for hydroxylation is 1. The molecule has 0 aliphatic rings. The van der Waals surface area contributed by atoms with Crippen LogP contribution >= 0.6 is 0 Å². The van der Waals surface area contributed by atoms with E-state index in [-0.39, 0.29) is 0 Å². The van der Waals surface area contributed by atoms with Crippen LogP contribution in [0, 0.1) is 6.92 Å². The van der Waals surface area contributed by atoms with Crippen molar-refractivity contribution in [3.8, 4) is 0 Å². The van der Waals surface area contributed by atoms with Crippen LogP contribution in [0.25, 0.3) is 0 Å². The van der Waals surface area contributed by atoms with E-state index < -0.39 is 0 Å². The largest absolute Gasteiger partial charge is 0.356 e. The quantitative estimate of drug-likeness (QED) is 0.795. The minimum atomic E-state index is 0.809. The Hall–Kier alpha value is -1.84. The number of nitrogens with one attached hydrogen (secondary N) is 1. The maximum absolute atomic E-state index is 4.51. The molecule has 96 valence electrons. The van der Waals surface area contributed by atoms with Gasteiger partial charge >= 0.3 is 0 Å². The summed E-state index contributed by atoms with van der Waals surface area (Å²) in [7, 11) is 0. The third-order valence-electron chi connectivity index (χ3n) is 2.79. The maximum Gasteiger partial charge on any atom is 0.203 e. The minimum absolute atomic E-state index is 0.809. The molecule has 4 nitrogen and oxygen atoms in total. The van der Waals surface area contributed by atoms with Gasteiger partial charge in [-0.3, -0.25) is 4.98 Å². The smallest absolute Gasteiger partial charge is 0.203 e. The molecule has 0 saturated carbocycles. The first-order valence-corrected chi connectivity index (χ1v) is 6.46. The van der Waals surface area contributed by atoms with Crippen molar-refractivity contribution in [1.82, 2.24) is 14.5 Å². The highest BCUT2D eigenvalue weighted by Crippen LogP contribution is 2.11. The number of imidazole rings is 1. The molecule has 4 heteroatoms. The normalized spacial score (nSPS) is 10.6. The SMILES string of the molecule is CCCCNc1nc(C)cn1Cc1cccnc1. The second-order valence-corrected chi connectivity index (χ2v) is 4.48. The van der Waals surface area contributed by atoms with Gasteiger partial charge in [-0.05, 0) is 25.0 Å². The predicted molar refractivity (Wildman–Crippen MR) is 73.7 cm³/mol. The average molecular weight is 244 g/mol. The van der Waals surface area contributed by atoms with Gasteiger partial charge in [0.1, 0.15) is 0 Å². The highest BCUT2D eigenvalue weighted by atomic mass is 15.2. The molecule has 0 spiro atoms. The molecule has 0 radical (unpaired) electrons. The molecule has 2 rings (SSSR count). The van der Waals surface area contributed by atoms with Gasteiger partial charge in [0.2, 0.25) is 5.95 Å². The molecule has 0 fully saturated rings. The molecule has 2 aromatic heterocycles. The van der Waals surface area contributed by atoms with Crippen molar-refractivity contribution in [3.63, 3.8) is 0 Å². The Bertz CT molecular complexity index is 476. The van der Waals surface area contributed by atoms with Gasteiger partial charge in [0.05, 0.1) is 12.2 Å². The van der Waals surface area contributed by atoms with Crippen LogP contribution < -0.4 is 5.32 Å². The van der Waals surface area contributed by atoms with Gasteiger partial charge in [-0.2, -0.15) is 0 Å². The van der Waals surface area contributed by atoms with Crippen LogP contribution in [-0.2, 0) is 6.54 Å².